The topological polar surface area (TPSA) is 30.5 Å². The molecule has 3 nitrogen and oxygen atoms in total. The fourth-order valence-electron chi connectivity index (χ4n) is 1.30. The molecule has 0 heterocycles. The zero-order valence-corrected chi connectivity index (χ0v) is 10.7. The van der Waals surface area contributed by atoms with E-state index < -0.39 is 0 Å². The van der Waals surface area contributed by atoms with Gasteiger partial charge in [-0.25, -0.2) is 0 Å². The first-order valence-electron chi connectivity index (χ1n) is 6.06. The number of ether oxygens (including phenoxy) is 2. The van der Waals surface area contributed by atoms with Crippen LogP contribution < -0.4 is 5.32 Å². The van der Waals surface area contributed by atoms with E-state index in [1.165, 1.54) is 6.42 Å². The molecule has 0 aromatic carbocycles. The van der Waals surface area contributed by atoms with Crippen molar-refractivity contribution < 1.29 is 9.47 Å². The Bertz CT molecular complexity index is 129. The highest BCUT2D eigenvalue weighted by Gasteiger charge is 2.11. The first-order chi connectivity index (χ1) is 7.22. The molecule has 0 saturated carbocycles. The van der Waals surface area contributed by atoms with Crippen molar-refractivity contribution in [1.82, 2.24) is 5.32 Å². The molecule has 0 aliphatic heterocycles. The molecular weight excluding hydrogens is 190 g/mol. The number of rotatable bonds is 10. The van der Waals surface area contributed by atoms with Crippen molar-refractivity contribution in [1.29, 1.82) is 0 Å². The Hall–Kier alpha value is -0.120. The van der Waals surface area contributed by atoms with E-state index in [1.807, 2.05) is 7.05 Å². The molecule has 1 atom stereocenters. The van der Waals surface area contributed by atoms with E-state index in [9.17, 15) is 0 Å². The zero-order valence-electron chi connectivity index (χ0n) is 10.7. The average molecular weight is 217 g/mol. The second-order valence-corrected chi connectivity index (χ2v) is 4.18. The van der Waals surface area contributed by atoms with Gasteiger partial charge in [0.1, 0.15) is 0 Å². The molecule has 0 saturated heterocycles. The third-order valence-corrected chi connectivity index (χ3v) is 2.35. The lowest BCUT2D eigenvalue weighted by Gasteiger charge is -2.21. The zero-order chi connectivity index (χ0) is 11.5. The smallest absolute Gasteiger partial charge is 0.0723 e. The van der Waals surface area contributed by atoms with Crippen LogP contribution in [0.25, 0.3) is 0 Å². The van der Waals surface area contributed by atoms with Crippen molar-refractivity contribution in [2.24, 2.45) is 5.92 Å². The van der Waals surface area contributed by atoms with E-state index >= 15 is 0 Å². The van der Waals surface area contributed by atoms with Crippen LogP contribution in [-0.4, -0.2) is 39.5 Å². The number of likely N-dealkylation sites (N-methyl/N-ethyl adjacent to an activating group) is 1. The minimum Gasteiger partial charge on any atom is -0.379 e. The van der Waals surface area contributed by atoms with Gasteiger partial charge in [0.15, 0.2) is 0 Å². The highest BCUT2D eigenvalue weighted by atomic mass is 16.5. The Kier molecular flexibility index (Phi) is 10.3. The molecular formula is C12H27NO2. The summed E-state index contributed by atoms with van der Waals surface area (Å²) in [5, 5.41) is 3.14. The van der Waals surface area contributed by atoms with Gasteiger partial charge in [0.25, 0.3) is 0 Å². The quantitative estimate of drug-likeness (QED) is 0.568. The Morgan fingerprint density at radius 2 is 1.87 bits per heavy atom. The maximum absolute atomic E-state index is 5.74. The van der Waals surface area contributed by atoms with Gasteiger partial charge in [0, 0.05) is 13.2 Å². The lowest BCUT2D eigenvalue weighted by Crippen LogP contribution is -2.32. The van der Waals surface area contributed by atoms with Crippen molar-refractivity contribution >= 4 is 0 Å². The van der Waals surface area contributed by atoms with Crippen molar-refractivity contribution in [2.75, 3.05) is 33.4 Å². The molecule has 0 bridgehead atoms. The van der Waals surface area contributed by atoms with Gasteiger partial charge >= 0.3 is 0 Å². The SMILES string of the molecule is CCCCOCCOC(CNC)C(C)C. The molecule has 92 valence electrons. The number of hydrogen-bond acceptors (Lipinski definition) is 3. The summed E-state index contributed by atoms with van der Waals surface area (Å²) in [6.07, 6.45) is 2.63. The summed E-state index contributed by atoms with van der Waals surface area (Å²) in [7, 11) is 1.95. The second kappa shape index (κ2) is 10.4. The van der Waals surface area contributed by atoms with Crippen LogP contribution in [0.2, 0.25) is 0 Å². The second-order valence-electron chi connectivity index (χ2n) is 4.18. The maximum Gasteiger partial charge on any atom is 0.0723 e. The van der Waals surface area contributed by atoms with Crippen LogP contribution in [0, 0.1) is 5.92 Å². The van der Waals surface area contributed by atoms with E-state index in [1.54, 1.807) is 0 Å². The highest BCUT2D eigenvalue weighted by molar-refractivity contribution is 4.64. The molecule has 1 unspecified atom stereocenters. The molecule has 0 aliphatic rings. The molecule has 0 rings (SSSR count). The van der Waals surface area contributed by atoms with E-state index in [2.05, 4.69) is 26.1 Å². The minimum atomic E-state index is 0.296. The number of nitrogens with one attached hydrogen (secondary N) is 1. The van der Waals surface area contributed by atoms with Gasteiger partial charge in [-0.1, -0.05) is 27.2 Å². The Morgan fingerprint density at radius 3 is 2.40 bits per heavy atom. The van der Waals surface area contributed by atoms with Crippen molar-refractivity contribution in [3.8, 4) is 0 Å². The monoisotopic (exact) mass is 217 g/mol. The van der Waals surface area contributed by atoms with Gasteiger partial charge in [-0.05, 0) is 19.4 Å². The Balaban J connectivity index is 3.37. The summed E-state index contributed by atoms with van der Waals surface area (Å²) in [6.45, 7) is 9.72. The first-order valence-corrected chi connectivity index (χ1v) is 6.06. The molecule has 0 radical (unpaired) electrons. The standard InChI is InChI=1S/C12H27NO2/c1-5-6-7-14-8-9-15-12(10-13-4)11(2)3/h11-13H,5-10H2,1-4H3. The van der Waals surface area contributed by atoms with Gasteiger partial charge in [0.2, 0.25) is 0 Å². The lowest BCUT2D eigenvalue weighted by molar-refractivity contribution is -0.0136. The van der Waals surface area contributed by atoms with Crippen LogP contribution in [-0.2, 0) is 9.47 Å². The first kappa shape index (κ1) is 14.9. The normalized spacial score (nSPS) is 13.4. The van der Waals surface area contributed by atoms with Crippen LogP contribution in [0.3, 0.4) is 0 Å². The largest absolute Gasteiger partial charge is 0.379 e. The number of unbranched alkanes of at least 4 members (excludes halogenated alkanes) is 1. The van der Waals surface area contributed by atoms with Gasteiger partial charge in [-0.3, -0.25) is 0 Å². The van der Waals surface area contributed by atoms with Gasteiger partial charge in [-0.2, -0.15) is 0 Å². The third-order valence-electron chi connectivity index (χ3n) is 2.35. The molecule has 0 amide bonds. The molecule has 0 aliphatic carbocycles. The average Bonchev–Trinajstić information content (AvgIpc) is 2.21. The van der Waals surface area contributed by atoms with Gasteiger partial charge in [0.05, 0.1) is 19.3 Å². The Labute approximate surface area is 94.5 Å². The summed E-state index contributed by atoms with van der Waals surface area (Å²) in [5.41, 5.74) is 0. The Morgan fingerprint density at radius 1 is 1.13 bits per heavy atom. The maximum atomic E-state index is 5.74. The van der Waals surface area contributed by atoms with Crippen molar-refractivity contribution in [2.45, 2.75) is 39.7 Å². The predicted molar refractivity (Wildman–Crippen MR) is 64.2 cm³/mol. The van der Waals surface area contributed by atoms with Crippen LogP contribution in [0.1, 0.15) is 33.6 Å². The van der Waals surface area contributed by atoms with Gasteiger partial charge in [-0.15, -0.1) is 0 Å². The molecule has 3 heteroatoms. The van der Waals surface area contributed by atoms with E-state index in [-0.39, 0.29) is 0 Å². The summed E-state index contributed by atoms with van der Waals surface area (Å²) >= 11 is 0. The van der Waals surface area contributed by atoms with Crippen LogP contribution in [0.15, 0.2) is 0 Å². The summed E-state index contributed by atoms with van der Waals surface area (Å²) < 4.78 is 11.2. The summed E-state index contributed by atoms with van der Waals surface area (Å²) in [6, 6.07) is 0. The third kappa shape index (κ3) is 8.85. The molecule has 0 aromatic heterocycles. The predicted octanol–water partition coefficient (Wildman–Crippen LogP) is 2.06. The van der Waals surface area contributed by atoms with Crippen LogP contribution in [0.5, 0.6) is 0 Å². The fourth-order valence-corrected chi connectivity index (χ4v) is 1.30. The molecule has 0 spiro atoms. The van der Waals surface area contributed by atoms with Crippen LogP contribution in [0.4, 0.5) is 0 Å². The molecule has 0 fully saturated rings. The molecule has 1 N–H and O–H groups in total. The highest BCUT2D eigenvalue weighted by Crippen LogP contribution is 2.05. The summed E-state index contributed by atoms with van der Waals surface area (Å²) in [5.74, 6) is 0.549. The fraction of sp³-hybridized carbons (Fsp3) is 1.00. The van der Waals surface area contributed by atoms with Crippen molar-refractivity contribution in [3.63, 3.8) is 0 Å². The van der Waals surface area contributed by atoms with E-state index in [4.69, 9.17) is 9.47 Å². The summed E-state index contributed by atoms with van der Waals surface area (Å²) in [4.78, 5) is 0. The van der Waals surface area contributed by atoms with E-state index in [0.717, 1.165) is 19.6 Å². The van der Waals surface area contributed by atoms with E-state index in [0.29, 0.717) is 25.2 Å². The minimum absolute atomic E-state index is 0.296. The van der Waals surface area contributed by atoms with Crippen molar-refractivity contribution in [3.05, 3.63) is 0 Å². The number of hydrogen-bond donors (Lipinski definition) is 1. The van der Waals surface area contributed by atoms with Crippen LogP contribution >= 0.6 is 0 Å². The van der Waals surface area contributed by atoms with Gasteiger partial charge < -0.3 is 14.8 Å². The molecule has 0 aromatic rings. The molecule has 15 heavy (non-hydrogen) atoms. The lowest BCUT2D eigenvalue weighted by atomic mass is 10.1.